The van der Waals surface area contributed by atoms with Crippen molar-refractivity contribution >= 4 is 6.01 Å². The van der Waals surface area contributed by atoms with Crippen molar-refractivity contribution < 1.29 is 13.7 Å². The molecule has 25 heavy (non-hydrogen) atoms. The van der Waals surface area contributed by atoms with Crippen LogP contribution in [0.25, 0.3) is 11.6 Å². The van der Waals surface area contributed by atoms with E-state index in [0.717, 1.165) is 37.0 Å². The summed E-state index contributed by atoms with van der Waals surface area (Å²) in [5.74, 6) is 1.21. The first-order valence-electron chi connectivity index (χ1n) is 8.59. The fourth-order valence-corrected chi connectivity index (χ4v) is 3.57. The van der Waals surface area contributed by atoms with Crippen LogP contribution in [0.1, 0.15) is 28.9 Å². The smallest absolute Gasteiger partial charge is 0.316 e. The van der Waals surface area contributed by atoms with Gasteiger partial charge in [0.05, 0.1) is 18.8 Å². The molecule has 2 aromatic heterocycles. The molecule has 3 aromatic rings. The van der Waals surface area contributed by atoms with E-state index in [0.29, 0.717) is 30.8 Å². The summed E-state index contributed by atoms with van der Waals surface area (Å²) in [6.07, 6.45) is 3.79. The molecule has 1 aliphatic heterocycles. The maximum absolute atomic E-state index is 5.77. The first-order chi connectivity index (χ1) is 12.4. The van der Waals surface area contributed by atoms with E-state index in [1.807, 2.05) is 0 Å². The molecule has 1 N–H and O–H groups in total. The van der Waals surface area contributed by atoms with Gasteiger partial charge in [0.1, 0.15) is 5.76 Å². The number of aryl methyl sites for hydroxylation is 1. The van der Waals surface area contributed by atoms with Crippen molar-refractivity contribution in [3.05, 3.63) is 46.7 Å². The molecule has 7 heteroatoms. The molecule has 0 fully saturated rings. The van der Waals surface area contributed by atoms with E-state index in [1.54, 1.807) is 0 Å². The summed E-state index contributed by atoms with van der Waals surface area (Å²) in [6, 6.07) is 9.28. The highest BCUT2D eigenvalue weighted by molar-refractivity contribution is 5.54. The fraction of sp³-hybridized carbons (Fsp3) is 0.389. The van der Waals surface area contributed by atoms with Gasteiger partial charge in [-0.2, -0.15) is 0 Å². The number of aromatic nitrogens is 3. The van der Waals surface area contributed by atoms with Crippen LogP contribution >= 0.6 is 0 Å². The summed E-state index contributed by atoms with van der Waals surface area (Å²) in [5.41, 5.74) is 4.31. The van der Waals surface area contributed by atoms with Crippen LogP contribution in [0.4, 0.5) is 6.01 Å². The minimum Gasteiger partial charge on any atom is -0.402 e. The molecule has 2 aliphatic rings. The lowest BCUT2D eigenvalue weighted by Crippen LogP contribution is -2.27. The Morgan fingerprint density at radius 1 is 1.08 bits per heavy atom. The molecule has 0 amide bonds. The highest BCUT2D eigenvalue weighted by Gasteiger charge is 2.25. The first-order valence-corrected chi connectivity index (χ1v) is 8.59. The zero-order valence-corrected chi connectivity index (χ0v) is 13.7. The van der Waals surface area contributed by atoms with Gasteiger partial charge in [-0.1, -0.05) is 34.5 Å². The first kappa shape index (κ1) is 14.7. The van der Waals surface area contributed by atoms with Crippen LogP contribution in [-0.4, -0.2) is 28.0 Å². The Labute approximate surface area is 144 Å². The van der Waals surface area contributed by atoms with Crippen molar-refractivity contribution in [2.45, 2.75) is 38.3 Å². The summed E-state index contributed by atoms with van der Waals surface area (Å²) in [4.78, 5) is 0. The number of nitrogens with one attached hydrogen (secondary N) is 1. The number of hydrogen-bond acceptors (Lipinski definition) is 7. The van der Waals surface area contributed by atoms with E-state index < -0.39 is 0 Å². The molecule has 1 aliphatic carbocycles. The van der Waals surface area contributed by atoms with E-state index in [2.05, 4.69) is 44.9 Å². The summed E-state index contributed by atoms with van der Waals surface area (Å²) in [6.45, 7) is 1.13. The Morgan fingerprint density at radius 3 is 2.96 bits per heavy atom. The molecule has 128 valence electrons. The van der Waals surface area contributed by atoms with Crippen molar-refractivity contribution in [1.29, 1.82) is 0 Å². The van der Waals surface area contributed by atoms with Crippen LogP contribution in [-0.2, 0) is 30.6 Å². The van der Waals surface area contributed by atoms with E-state index >= 15 is 0 Å². The number of ether oxygens (including phenoxy) is 1. The van der Waals surface area contributed by atoms with Crippen molar-refractivity contribution in [2.75, 3.05) is 11.9 Å². The lowest BCUT2D eigenvalue weighted by atomic mass is 9.88. The normalized spacial score (nSPS) is 19.3. The Hall–Kier alpha value is -2.67. The van der Waals surface area contributed by atoms with Gasteiger partial charge in [-0.3, -0.25) is 0 Å². The number of rotatable bonds is 3. The van der Waals surface area contributed by atoms with Crippen molar-refractivity contribution in [1.82, 2.24) is 15.4 Å². The minimum absolute atomic E-state index is 0.290. The predicted octanol–water partition coefficient (Wildman–Crippen LogP) is 2.77. The molecule has 1 unspecified atom stereocenters. The zero-order chi connectivity index (χ0) is 16.6. The van der Waals surface area contributed by atoms with E-state index in [-0.39, 0.29) is 6.04 Å². The molecule has 0 saturated carbocycles. The Bertz CT molecular complexity index is 901. The van der Waals surface area contributed by atoms with Crippen LogP contribution in [0.2, 0.25) is 0 Å². The maximum Gasteiger partial charge on any atom is 0.316 e. The Kier molecular flexibility index (Phi) is 3.52. The number of hydrogen-bond donors (Lipinski definition) is 1. The predicted molar refractivity (Wildman–Crippen MR) is 89.0 cm³/mol. The summed E-state index contributed by atoms with van der Waals surface area (Å²) in [5, 5.41) is 15.7. The van der Waals surface area contributed by atoms with Crippen LogP contribution in [0.3, 0.4) is 0 Å². The topological polar surface area (TPSA) is 86.2 Å². The number of anilines is 1. The molecule has 3 heterocycles. The second-order valence-corrected chi connectivity index (χ2v) is 6.50. The standard InChI is InChI=1S/C18H18N4O3/c1-2-4-12-9-13(6-5-11(12)3-1)19-18-21-20-17(24-18)16-14-10-23-8-7-15(14)25-22-16/h1-4,13H,5-10H2,(H,19,21). The quantitative estimate of drug-likeness (QED) is 0.786. The largest absolute Gasteiger partial charge is 0.402 e. The Balaban J connectivity index is 1.33. The average molecular weight is 338 g/mol. The molecule has 1 atom stereocenters. The van der Waals surface area contributed by atoms with E-state index in [9.17, 15) is 0 Å². The molecular formula is C18H18N4O3. The number of fused-ring (bicyclic) bond motifs is 2. The lowest BCUT2D eigenvalue weighted by molar-refractivity contribution is 0.103. The molecule has 0 spiro atoms. The highest BCUT2D eigenvalue weighted by Crippen LogP contribution is 2.29. The fourth-order valence-electron chi connectivity index (χ4n) is 3.57. The van der Waals surface area contributed by atoms with E-state index in [1.165, 1.54) is 11.1 Å². The van der Waals surface area contributed by atoms with Gasteiger partial charge in [0.15, 0.2) is 5.69 Å². The average Bonchev–Trinajstić information content (AvgIpc) is 3.28. The van der Waals surface area contributed by atoms with Gasteiger partial charge < -0.3 is 19.0 Å². The van der Waals surface area contributed by atoms with Gasteiger partial charge in [-0.05, 0) is 30.4 Å². The van der Waals surface area contributed by atoms with Gasteiger partial charge in [0.2, 0.25) is 0 Å². The summed E-state index contributed by atoms with van der Waals surface area (Å²) in [7, 11) is 0. The summed E-state index contributed by atoms with van der Waals surface area (Å²) >= 11 is 0. The molecule has 1 aromatic carbocycles. The monoisotopic (exact) mass is 338 g/mol. The molecular weight excluding hydrogens is 320 g/mol. The third-order valence-electron chi connectivity index (χ3n) is 4.89. The van der Waals surface area contributed by atoms with Gasteiger partial charge in [0, 0.05) is 12.5 Å². The highest BCUT2D eigenvalue weighted by atomic mass is 16.5. The van der Waals surface area contributed by atoms with Crippen LogP contribution in [0.5, 0.6) is 0 Å². The van der Waals surface area contributed by atoms with Crippen molar-refractivity contribution in [2.24, 2.45) is 0 Å². The molecule has 5 rings (SSSR count). The van der Waals surface area contributed by atoms with Gasteiger partial charge in [-0.15, -0.1) is 5.10 Å². The summed E-state index contributed by atoms with van der Waals surface area (Å²) < 4.78 is 16.6. The van der Waals surface area contributed by atoms with Gasteiger partial charge in [-0.25, -0.2) is 0 Å². The second kappa shape index (κ2) is 6.00. The van der Waals surface area contributed by atoms with Crippen LogP contribution in [0, 0.1) is 0 Å². The molecule has 7 nitrogen and oxygen atoms in total. The van der Waals surface area contributed by atoms with Gasteiger partial charge >= 0.3 is 6.01 Å². The third-order valence-corrected chi connectivity index (χ3v) is 4.89. The zero-order valence-electron chi connectivity index (χ0n) is 13.7. The SMILES string of the molecule is c1ccc2c(c1)CCC(Nc1nnc(-c3noc4c3COCC4)o1)C2. The molecule has 0 saturated heterocycles. The number of nitrogens with zero attached hydrogens (tertiary/aromatic N) is 3. The minimum atomic E-state index is 0.290. The Morgan fingerprint density at radius 2 is 2.00 bits per heavy atom. The van der Waals surface area contributed by atoms with Crippen molar-refractivity contribution in [3.63, 3.8) is 0 Å². The second-order valence-electron chi connectivity index (χ2n) is 6.50. The molecule has 0 radical (unpaired) electrons. The maximum atomic E-state index is 5.77. The van der Waals surface area contributed by atoms with Crippen LogP contribution in [0.15, 0.2) is 33.2 Å². The third kappa shape index (κ3) is 2.70. The van der Waals surface area contributed by atoms with Gasteiger partial charge in [0.25, 0.3) is 5.89 Å². The van der Waals surface area contributed by atoms with E-state index in [4.69, 9.17) is 13.7 Å². The van der Waals surface area contributed by atoms with Crippen LogP contribution < -0.4 is 5.32 Å². The van der Waals surface area contributed by atoms with Crippen molar-refractivity contribution in [3.8, 4) is 11.6 Å². The molecule has 0 bridgehead atoms. The lowest BCUT2D eigenvalue weighted by Gasteiger charge is -2.24. The number of benzene rings is 1.